The first-order valence-corrected chi connectivity index (χ1v) is 17.1. The van der Waals surface area contributed by atoms with E-state index in [0.717, 1.165) is 56.7 Å². The highest BCUT2D eigenvalue weighted by Crippen LogP contribution is 2.50. The predicted octanol–water partition coefficient (Wildman–Crippen LogP) is 8.68. The molecule has 1 aliphatic carbocycles. The monoisotopic (exact) mass is 704 g/mol. The van der Waals surface area contributed by atoms with Crippen LogP contribution in [0.1, 0.15) is 31.7 Å². The molecule has 8 heteroatoms. The zero-order valence-corrected chi connectivity index (χ0v) is 28.2. The molecule has 3 aliphatic rings. The maximum Gasteiger partial charge on any atom is 0.238 e. The summed E-state index contributed by atoms with van der Waals surface area (Å²) in [4.78, 5) is 29.5. The van der Waals surface area contributed by atoms with Crippen LogP contribution in [0.4, 0.5) is 17.1 Å². The predicted molar refractivity (Wildman–Crippen MR) is 191 cm³/mol. The zero-order chi connectivity index (χ0) is 33.2. The summed E-state index contributed by atoms with van der Waals surface area (Å²) in [5.74, 6) is -0.478. The van der Waals surface area contributed by atoms with Gasteiger partial charge in [0.15, 0.2) is 0 Å². The molecule has 48 heavy (non-hydrogen) atoms. The lowest BCUT2D eigenvalue weighted by Gasteiger charge is -2.31. The van der Waals surface area contributed by atoms with Crippen molar-refractivity contribution in [3.63, 3.8) is 0 Å². The molecule has 2 heterocycles. The molecule has 2 amide bonds. The largest absolute Gasteiger partial charge is 0.507 e. The van der Waals surface area contributed by atoms with E-state index in [0.29, 0.717) is 25.3 Å². The number of nitrogens with zero attached hydrogens (tertiary/aromatic N) is 1. The molecule has 0 radical (unpaired) electrons. The molecule has 0 aromatic heterocycles. The van der Waals surface area contributed by atoms with E-state index in [1.165, 1.54) is 4.90 Å². The van der Waals surface area contributed by atoms with Crippen molar-refractivity contribution in [3.05, 3.63) is 130 Å². The van der Waals surface area contributed by atoms with Gasteiger partial charge in [-0.3, -0.25) is 14.5 Å². The number of nitrogens with one attached hydrogen (secondary N) is 1. The third kappa shape index (κ3) is 6.55. The Bertz CT molecular complexity index is 1870. The first-order chi connectivity index (χ1) is 23.4. The van der Waals surface area contributed by atoms with Crippen molar-refractivity contribution in [2.75, 3.05) is 23.4 Å². The van der Waals surface area contributed by atoms with E-state index >= 15 is 0 Å². The molecule has 244 valence electrons. The second-order valence-electron chi connectivity index (χ2n) is 12.7. The number of carbonyl (C=O) groups excluding carboxylic acids is 2. The number of aromatic hydroxyl groups is 1. The summed E-state index contributed by atoms with van der Waals surface area (Å²) in [5.41, 5.74) is 6.42. The SMILES string of the molecule is C/C(=C\c1cc(Br)ccc1O)CC[C@H]1OC[C@H]2C1=C(COc1ccccc1)C[C@H]1C(=O)N(c3ccc(Nc4ccccc4)cc3)C(=O)[C@H]12. The second kappa shape index (κ2) is 13.8. The number of amides is 2. The Kier molecular flexibility index (Phi) is 9.19. The van der Waals surface area contributed by atoms with Crippen LogP contribution in [0.25, 0.3) is 6.08 Å². The Balaban J connectivity index is 1.13. The maximum atomic E-state index is 14.1. The van der Waals surface area contributed by atoms with Gasteiger partial charge in [-0.05, 0) is 104 Å². The van der Waals surface area contributed by atoms with E-state index in [1.807, 2.05) is 103 Å². The molecule has 4 aromatic carbocycles. The molecule has 0 saturated carbocycles. The van der Waals surface area contributed by atoms with Crippen LogP contribution in [0.15, 0.2) is 124 Å². The summed E-state index contributed by atoms with van der Waals surface area (Å²) in [6.07, 6.45) is 3.73. The molecule has 4 aromatic rings. The Labute approximate surface area is 289 Å². The van der Waals surface area contributed by atoms with Crippen LogP contribution in [0.5, 0.6) is 11.5 Å². The van der Waals surface area contributed by atoms with Gasteiger partial charge in [0.2, 0.25) is 11.8 Å². The third-order valence-corrected chi connectivity index (χ3v) is 10.0. The highest BCUT2D eigenvalue weighted by Gasteiger charge is 2.57. The average Bonchev–Trinajstić information content (AvgIpc) is 3.63. The Morgan fingerprint density at radius 1 is 0.938 bits per heavy atom. The lowest BCUT2D eigenvalue weighted by Crippen LogP contribution is -2.35. The van der Waals surface area contributed by atoms with Crippen molar-refractivity contribution < 1.29 is 24.2 Å². The summed E-state index contributed by atoms with van der Waals surface area (Å²) < 4.78 is 13.6. The van der Waals surface area contributed by atoms with Gasteiger partial charge in [-0.2, -0.15) is 0 Å². The van der Waals surface area contributed by atoms with Gasteiger partial charge in [0.25, 0.3) is 0 Å². The average molecular weight is 706 g/mol. The number of anilines is 3. The lowest BCUT2D eigenvalue weighted by atomic mass is 9.69. The number of halogens is 1. The van der Waals surface area contributed by atoms with Crippen molar-refractivity contribution in [1.29, 1.82) is 0 Å². The number of rotatable bonds is 10. The van der Waals surface area contributed by atoms with E-state index in [-0.39, 0.29) is 29.6 Å². The fourth-order valence-corrected chi connectivity index (χ4v) is 7.65. The van der Waals surface area contributed by atoms with Gasteiger partial charge in [-0.25, -0.2) is 0 Å². The van der Waals surface area contributed by atoms with Crippen LogP contribution in [0, 0.1) is 17.8 Å². The van der Waals surface area contributed by atoms with E-state index < -0.39 is 11.8 Å². The molecule has 0 spiro atoms. The first kappa shape index (κ1) is 31.9. The van der Waals surface area contributed by atoms with Gasteiger partial charge in [0.1, 0.15) is 18.1 Å². The highest BCUT2D eigenvalue weighted by molar-refractivity contribution is 9.10. The number of benzene rings is 4. The van der Waals surface area contributed by atoms with Crippen molar-refractivity contribution in [3.8, 4) is 11.5 Å². The number of allylic oxidation sites excluding steroid dienone is 1. The Morgan fingerprint density at radius 3 is 2.40 bits per heavy atom. The van der Waals surface area contributed by atoms with Crippen molar-refractivity contribution >= 4 is 50.9 Å². The molecule has 2 fully saturated rings. The molecule has 2 saturated heterocycles. The maximum absolute atomic E-state index is 14.1. The van der Waals surface area contributed by atoms with Gasteiger partial charge in [0.05, 0.1) is 30.2 Å². The van der Waals surface area contributed by atoms with Crippen LogP contribution in [0.2, 0.25) is 0 Å². The van der Waals surface area contributed by atoms with Gasteiger partial charge in [-0.1, -0.05) is 64.0 Å². The lowest BCUT2D eigenvalue weighted by molar-refractivity contribution is -0.122. The van der Waals surface area contributed by atoms with E-state index in [4.69, 9.17) is 9.47 Å². The Morgan fingerprint density at radius 2 is 1.65 bits per heavy atom. The summed E-state index contributed by atoms with van der Waals surface area (Å²) in [7, 11) is 0. The van der Waals surface area contributed by atoms with E-state index in [2.05, 4.69) is 28.2 Å². The van der Waals surface area contributed by atoms with Gasteiger partial charge in [-0.15, -0.1) is 0 Å². The summed E-state index contributed by atoms with van der Waals surface area (Å²) in [5, 5.41) is 13.7. The van der Waals surface area contributed by atoms with Gasteiger partial charge >= 0.3 is 0 Å². The van der Waals surface area contributed by atoms with Crippen LogP contribution >= 0.6 is 15.9 Å². The normalized spacial score (nSPS) is 22.1. The van der Waals surface area contributed by atoms with E-state index in [9.17, 15) is 14.7 Å². The minimum Gasteiger partial charge on any atom is -0.507 e. The van der Waals surface area contributed by atoms with Crippen LogP contribution in [-0.4, -0.2) is 36.2 Å². The molecule has 7 nitrogen and oxygen atoms in total. The number of fused-ring (bicyclic) bond motifs is 3. The number of phenols is 1. The van der Waals surface area contributed by atoms with Crippen LogP contribution in [-0.2, 0) is 14.3 Å². The molecule has 2 aliphatic heterocycles. The molecule has 0 unspecified atom stereocenters. The minimum absolute atomic E-state index is 0.162. The van der Waals surface area contributed by atoms with Crippen molar-refractivity contribution in [2.45, 2.75) is 32.3 Å². The second-order valence-corrected chi connectivity index (χ2v) is 13.6. The third-order valence-electron chi connectivity index (χ3n) is 9.54. The molecule has 4 atom stereocenters. The number of para-hydroxylation sites is 2. The fraction of sp³-hybridized carbons (Fsp3) is 0.250. The molecular formula is C40H37BrN2O5. The molecule has 2 N–H and O–H groups in total. The van der Waals surface area contributed by atoms with Crippen molar-refractivity contribution in [1.82, 2.24) is 0 Å². The summed E-state index contributed by atoms with van der Waals surface area (Å²) in [6, 6.07) is 32.4. The summed E-state index contributed by atoms with van der Waals surface area (Å²) in [6.45, 7) is 2.77. The number of hydrogen-bond acceptors (Lipinski definition) is 6. The standard InChI is InChI=1S/C40H37BrN2O5/c1-25(20-26-21-28(41)13-18-35(26)44)12-19-36-37-27(23-47-32-10-6-3-7-11-32)22-33-38(34(37)24-48-36)40(46)43(39(33)45)31-16-14-30(15-17-31)42-29-8-4-2-5-9-29/h2-11,13-18,20-21,33-34,36,38,42,44H,12,19,22-24H2,1H3/b25-20+/t33-,34+,36-,38-/m1/s1. The van der Waals surface area contributed by atoms with Crippen molar-refractivity contribution in [2.24, 2.45) is 17.8 Å². The molecular weight excluding hydrogens is 668 g/mol. The molecule has 7 rings (SSSR count). The number of hydrogen-bond donors (Lipinski definition) is 2. The van der Waals surface area contributed by atoms with E-state index in [1.54, 1.807) is 6.07 Å². The number of carbonyl (C=O) groups is 2. The minimum atomic E-state index is -0.477. The zero-order valence-electron chi connectivity index (χ0n) is 26.6. The number of phenolic OH excluding ortho intramolecular Hbond substituents is 1. The highest BCUT2D eigenvalue weighted by atomic mass is 79.9. The Hall–Kier alpha value is -4.66. The first-order valence-electron chi connectivity index (χ1n) is 16.3. The van der Waals surface area contributed by atoms with Gasteiger partial charge in [0, 0.05) is 27.3 Å². The summed E-state index contributed by atoms with van der Waals surface area (Å²) >= 11 is 3.48. The fourth-order valence-electron chi connectivity index (χ4n) is 7.27. The molecule has 0 bridgehead atoms. The number of imide groups is 1. The van der Waals surface area contributed by atoms with Gasteiger partial charge < -0.3 is 19.9 Å². The quantitative estimate of drug-likeness (QED) is 0.127. The topological polar surface area (TPSA) is 88.1 Å². The van der Waals surface area contributed by atoms with Crippen LogP contribution in [0.3, 0.4) is 0 Å². The number of ether oxygens (including phenoxy) is 2. The smallest absolute Gasteiger partial charge is 0.238 e. The van der Waals surface area contributed by atoms with Crippen LogP contribution < -0.4 is 15.0 Å².